The zero-order valence-corrected chi connectivity index (χ0v) is 14.4. The highest BCUT2D eigenvalue weighted by molar-refractivity contribution is 6.30. The van der Waals surface area contributed by atoms with Gasteiger partial charge in [0.1, 0.15) is 11.6 Å². The van der Waals surface area contributed by atoms with Gasteiger partial charge in [0.2, 0.25) is 0 Å². The topological polar surface area (TPSA) is 47.4 Å². The summed E-state index contributed by atoms with van der Waals surface area (Å²) in [6.07, 6.45) is 6.05. The fourth-order valence-electron chi connectivity index (χ4n) is 3.71. The van der Waals surface area contributed by atoms with Crippen molar-refractivity contribution >= 4 is 17.5 Å². The van der Waals surface area contributed by atoms with Gasteiger partial charge in [0.15, 0.2) is 6.10 Å². The second-order valence-electron chi connectivity index (χ2n) is 6.52. The lowest BCUT2D eigenvalue weighted by Crippen LogP contribution is -2.46. The molecule has 2 atom stereocenters. The van der Waals surface area contributed by atoms with Gasteiger partial charge in [-0.1, -0.05) is 11.6 Å². The Balaban J connectivity index is 1.46. The minimum atomic E-state index is -0.430. The third-order valence-electron chi connectivity index (χ3n) is 4.94. The number of amides is 1. The molecule has 1 aromatic heterocycles. The number of piperidine rings is 1. The second-order valence-corrected chi connectivity index (χ2v) is 6.96. The van der Waals surface area contributed by atoms with E-state index in [1.54, 1.807) is 6.07 Å². The average molecular weight is 346 g/mol. The number of hydrogen-bond acceptors (Lipinski definition) is 3. The lowest BCUT2D eigenvalue weighted by atomic mass is 10.0. The van der Waals surface area contributed by atoms with Gasteiger partial charge in [-0.2, -0.15) is 0 Å². The fraction of sp³-hybridized carbons (Fsp3) is 0.444. The fourth-order valence-corrected chi connectivity index (χ4v) is 3.91. The van der Waals surface area contributed by atoms with Gasteiger partial charge in [-0.05, 0) is 43.5 Å². The van der Waals surface area contributed by atoms with Crippen molar-refractivity contribution in [2.75, 3.05) is 13.1 Å². The van der Waals surface area contributed by atoms with Crippen LogP contribution in [0.5, 0.6) is 5.75 Å². The molecule has 1 fully saturated rings. The summed E-state index contributed by atoms with van der Waals surface area (Å²) in [5.41, 5.74) is 1.01. The Morgan fingerprint density at radius 3 is 3.08 bits per heavy atom. The van der Waals surface area contributed by atoms with E-state index in [1.807, 2.05) is 36.4 Å². The number of benzene rings is 1. The number of likely N-dealkylation sites (tertiary alicyclic amines) is 1. The standard InChI is InChI=1S/C18H20ClN3O2/c1-12-20-6-8-22(12)15-3-2-7-21(11-15)18(23)17-10-13-9-14(19)4-5-16(13)24-17/h4-6,8-9,15,17H,2-3,7,10-11H2,1H3/t15-,17-/m1/s1. The molecule has 0 spiro atoms. The van der Waals surface area contributed by atoms with E-state index in [1.165, 1.54) is 0 Å². The Bertz CT molecular complexity index is 773. The van der Waals surface area contributed by atoms with E-state index in [2.05, 4.69) is 9.55 Å². The summed E-state index contributed by atoms with van der Waals surface area (Å²) in [6, 6.07) is 5.83. The van der Waals surface area contributed by atoms with E-state index in [4.69, 9.17) is 16.3 Å². The molecule has 0 radical (unpaired) electrons. The minimum absolute atomic E-state index is 0.0739. The number of hydrogen-bond donors (Lipinski definition) is 0. The Morgan fingerprint density at radius 2 is 2.29 bits per heavy atom. The van der Waals surface area contributed by atoms with Crippen molar-refractivity contribution < 1.29 is 9.53 Å². The molecule has 3 heterocycles. The summed E-state index contributed by atoms with van der Waals surface area (Å²) in [5, 5.41) is 0.680. The molecule has 0 bridgehead atoms. The number of halogens is 1. The summed E-state index contributed by atoms with van der Waals surface area (Å²) in [5.74, 6) is 1.84. The van der Waals surface area contributed by atoms with Crippen LogP contribution in [0.15, 0.2) is 30.6 Å². The minimum Gasteiger partial charge on any atom is -0.480 e. The number of imidazole rings is 1. The Kier molecular flexibility index (Phi) is 3.96. The molecule has 126 valence electrons. The van der Waals surface area contributed by atoms with Gasteiger partial charge < -0.3 is 14.2 Å². The molecule has 6 heteroatoms. The molecule has 0 N–H and O–H groups in total. The maximum absolute atomic E-state index is 12.9. The van der Waals surface area contributed by atoms with Crippen LogP contribution in [0.25, 0.3) is 0 Å². The lowest BCUT2D eigenvalue weighted by Gasteiger charge is -2.35. The van der Waals surface area contributed by atoms with Crippen molar-refractivity contribution in [3.8, 4) is 5.75 Å². The van der Waals surface area contributed by atoms with Crippen molar-refractivity contribution in [3.05, 3.63) is 47.0 Å². The molecule has 2 aliphatic rings. The number of aryl methyl sites for hydroxylation is 1. The van der Waals surface area contributed by atoms with E-state index in [-0.39, 0.29) is 5.91 Å². The number of aromatic nitrogens is 2. The first-order chi connectivity index (χ1) is 11.6. The first kappa shape index (κ1) is 15.5. The van der Waals surface area contributed by atoms with Crippen molar-refractivity contribution in [2.45, 2.75) is 38.3 Å². The molecule has 24 heavy (non-hydrogen) atoms. The first-order valence-corrected chi connectivity index (χ1v) is 8.73. The highest BCUT2D eigenvalue weighted by Gasteiger charge is 2.35. The second kappa shape index (κ2) is 6.13. The third-order valence-corrected chi connectivity index (χ3v) is 5.17. The molecule has 0 unspecified atom stereocenters. The van der Waals surface area contributed by atoms with Gasteiger partial charge in [0.25, 0.3) is 5.91 Å². The smallest absolute Gasteiger partial charge is 0.264 e. The van der Waals surface area contributed by atoms with Gasteiger partial charge >= 0.3 is 0 Å². The van der Waals surface area contributed by atoms with Crippen LogP contribution < -0.4 is 4.74 Å². The average Bonchev–Trinajstić information content (AvgIpc) is 3.20. The van der Waals surface area contributed by atoms with Crippen molar-refractivity contribution in [3.63, 3.8) is 0 Å². The molecule has 0 aliphatic carbocycles. The summed E-state index contributed by atoms with van der Waals surface area (Å²) in [6.45, 7) is 3.51. The molecule has 1 amide bonds. The molecule has 1 saturated heterocycles. The predicted molar refractivity (Wildman–Crippen MR) is 91.4 cm³/mol. The van der Waals surface area contributed by atoms with Crippen LogP contribution in [0.1, 0.15) is 30.3 Å². The van der Waals surface area contributed by atoms with E-state index >= 15 is 0 Å². The number of nitrogens with zero attached hydrogens (tertiary/aromatic N) is 3. The van der Waals surface area contributed by atoms with E-state index in [0.29, 0.717) is 24.0 Å². The zero-order valence-electron chi connectivity index (χ0n) is 13.6. The predicted octanol–water partition coefficient (Wildman–Crippen LogP) is 3.01. The molecular weight excluding hydrogens is 326 g/mol. The lowest BCUT2D eigenvalue weighted by molar-refractivity contribution is -0.139. The molecule has 2 aromatic rings. The maximum Gasteiger partial charge on any atom is 0.264 e. The summed E-state index contributed by atoms with van der Waals surface area (Å²) >= 11 is 6.03. The molecule has 2 aliphatic heterocycles. The third kappa shape index (κ3) is 2.77. The summed E-state index contributed by atoms with van der Waals surface area (Å²) in [4.78, 5) is 19.1. The van der Waals surface area contributed by atoms with Crippen LogP contribution >= 0.6 is 11.6 Å². The van der Waals surface area contributed by atoms with Crippen LogP contribution in [0.3, 0.4) is 0 Å². The van der Waals surface area contributed by atoms with E-state index in [0.717, 1.165) is 36.5 Å². The highest BCUT2D eigenvalue weighted by Crippen LogP contribution is 2.32. The van der Waals surface area contributed by atoms with Crippen LogP contribution in [0.2, 0.25) is 5.02 Å². The summed E-state index contributed by atoms with van der Waals surface area (Å²) in [7, 11) is 0. The summed E-state index contributed by atoms with van der Waals surface area (Å²) < 4.78 is 8.03. The Morgan fingerprint density at radius 1 is 1.42 bits per heavy atom. The van der Waals surface area contributed by atoms with Crippen molar-refractivity contribution in [2.24, 2.45) is 0 Å². The SMILES string of the molecule is Cc1nccn1[C@@H]1CCCN(C(=O)[C@H]2Cc3cc(Cl)ccc3O2)C1. The largest absolute Gasteiger partial charge is 0.480 e. The number of carbonyl (C=O) groups excluding carboxylic acids is 1. The molecule has 4 rings (SSSR count). The number of fused-ring (bicyclic) bond motifs is 1. The highest BCUT2D eigenvalue weighted by atomic mass is 35.5. The van der Waals surface area contributed by atoms with Gasteiger partial charge in [-0.25, -0.2) is 4.98 Å². The van der Waals surface area contributed by atoms with Gasteiger partial charge in [-0.3, -0.25) is 4.79 Å². The zero-order chi connectivity index (χ0) is 16.7. The van der Waals surface area contributed by atoms with Crippen molar-refractivity contribution in [1.82, 2.24) is 14.5 Å². The first-order valence-electron chi connectivity index (χ1n) is 8.35. The maximum atomic E-state index is 12.9. The molecule has 5 nitrogen and oxygen atoms in total. The Labute approximate surface area is 146 Å². The molecule has 0 saturated carbocycles. The van der Waals surface area contributed by atoms with Crippen LogP contribution in [-0.4, -0.2) is 39.6 Å². The van der Waals surface area contributed by atoms with Gasteiger partial charge in [-0.15, -0.1) is 0 Å². The number of ether oxygens (including phenoxy) is 1. The quantitative estimate of drug-likeness (QED) is 0.840. The number of carbonyl (C=O) groups is 1. The van der Waals surface area contributed by atoms with Crippen LogP contribution in [0.4, 0.5) is 0 Å². The van der Waals surface area contributed by atoms with E-state index < -0.39 is 6.10 Å². The normalized spacial score (nSPS) is 23.0. The Hall–Kier alpha value is -2.01. The molecule has 1 aromatic carbocycles. The monoisotopic (exact) mass is 345 g/mol. The molecular formula is C18H20ClN3O2. The van der Waals surface area contributed by atoms with Crippen LogP contribution in [-0.2, 0) is 11.2 Å². The number of rotatable bonds is 2. The van der Waals surface area contributed by atoms with Gasteiger partial charge in [0.05, 0.1) is 6.04 Å². The van der Waals surface area contributed by atoms with E-state index in [9.17, 15) is 4.79 Å². The van der Waals surface area contributed by atoms with Crippen LogP contribution in [0, 0.1) is 6.92 Å². The van der Waals surface area contributed by atoms with Gasteiger partial charge in [0, 0.05) is 36.9 Å². The van der Waals surface area contributed by atoms with Crippen molar-refractivity contribution in [1.29, 1.82) is 0 Å².